The van der Waals surface area contributed by atoms with Crippen molar-refractivity contribution in [2.24, 2.45) is 0 Å². The summed E-state index contributed by atoms with van der Waals surface area (Å²) in [5.74, 6) is 0.886. The van der Waals surface area contributed by atoms with Gasteiger partial charge >= 0.3 is 0 Å². The minimum Gasteiger partial charge on any atom is -0.473 e. The monoisotopic (exact) mass is 363 g/mol. The average molecular weight is 364 g/mol. The van der Waals surface area contributed by atoms with Crippen molar-refractivity contribution in [2.75, 3.05) is 7.05 Å². The minimum absolute atomic E-state index is 0.489. The van der Waals surface area contributed by atoms with Gasteiger partial charge in [0.05, 0.1) is 11.7 Å². The Morgan fingerprint density at radius 1 is 1.32 bits per heavy atom. The van der Waals surface area contributed by atoms with E-state index in [2.05, 4.69) is 44.1 Å². The molecule has 0 atom stereocenters. The summed E-state index contributed by atoms with van der Waals surface area (Å²) in [5, 5.41) is 7.89. The summed E-state index contributed by atoms with van der Waals surface area (Å²) in [7, 11) is 1.94. The maximum atomic E-state index is 6.07. The Morgan fingerprint density at radius 2 is 2.14 bits per heavy atom. The van der Waals surface area contributed by atoms with Crippen LogP contribution in [0.25, 0.3) is 0 Å². The molecule has 0 saturated heterocycles. The van der Waals surface area contributed by atoms with Crippen LogP contribution < -0.4 is 10.1 Å². The summed E-state index contributed by atoms with van der Waals surface area (Å²) >= 11 is 3.50. The molecule has 0 spiro atoms. The molecule has 0 aliphatic heterocycles. The zero-order valence-electron chi connectivity index (χ0n) is 12.9. The Morgan fingerprint density at radius 3 is 2.86 bits per heavy atom. The summed E-state index contributed by atoms with van der Waals surface area (Å²) in [4.78, 5) is 0. The number of aromatic nitrogens is 2. The maximum absolute atomic E-state index is 6.07. The third-order valence-corrected chi connectivity index (χ3v) is 4.55. The van der Waals surface area contributed by atoms with Crippen molar-refractivity contribution in [1.29, 1.82) is 0 Å². The molecule has 118 valence electrons. The van der Waals surface area contributed by atoms with E-state index in [1.165, 1.54) is 25.7 Å². The predicted molar refractivity (Wildman–Crippen MR) is 91.0 cm³/mol. The first-order valence-corrected chi connectivity index (χ1v) is 8.66. The number of benzene rings is 1. The molecular weight excluding hydrogens is 342 g/mol. The van der Waals surface area contributed by atoms with E-state index in [9.17, 15) is 0 Å². The van der Waals surface area contributed by atoms with E-state index in [4.69, 9.17) is 9.84 Å². The Hall–Kier alpha value is -1.33. The summed E-state index contributed by atoms with van der Waals surface area (Å²) < 4.78 is 9.24. The van der Waals surface area contributed by atoms with E-state index in [1.54, 1.807) is 0 Å². The molecule has 22 heavy (non-hydrogen) atoms. The van der Waals surface area contributed by atoms with Gasteiger partial charge in [0, 0.05) is 17.1 Å². The molecule has 5 heteroatoms. The summed E-state index contributed by atoms with van der Waals surface area (Å²) in [6, 6.07) is 10.8. The lowest BCUT2D eigenvalue weighted by Gasteiger charge is -2.14. The number of hydrogen-bond donors (Lipinski definition) is 1. The van der Waals surface area contributed by atoms with E-state index in [-0.39, 0.29) is 0 Å². The number of halogens is 1. The molecule has 1 saturated carbocycles. The number of nitrogens with zero attached hydrogens (tertiary/aromatic N) is 2. The van der Waals surface area contributed by atoms with E-state index in [0.29, 0.717) is 12.6 Å². The lowest BCUT2D eigenvalue weighted by Crippen LogP contribution is -2.11. The number of nitrogens with one attached hydrogen (secondary N) is 1. The van der Waals surface area contributed by atoms with Crippen molar-refractivity contribution < 1.29 is 4.74 Å². The molecule has 4 nitrogen and oxygen atoms in total. The Labute approximate surface area is 140 Å². The van der Waals surface area contributed by atoms with Gasteiger partial charge < -0.3 is 10.1 Å². The highest BCUT2D eigenvalue weighted by molar-refractivity contribution is 9.10. The standard InChI is InChI=1S/C17H22BrN3O/c1-19-11-15-10-17(21(20-15)16-7-2-3-8-16)22-12-13-5-4-6-14(18)9-13/h4-6,9-10,16,19H,2-3,7-8,11-12H2,1H3. The molecule has 1 aromatic heterocycles. The topological polar surface area (TPSA) is 39.1 Å². The van der Waals surface area contributed by atoms with Crippen molar-refractivity contribution in [3.63, 3.8) is 0 Å². The van der Waals surface area contributed by atoms with Gasteiger partial charge in [0.25, 0.3) is 0 Å². The first kappa shape index (κ1) is 15.6. The maximum Gasteiger partial charge on any atom is 0.212 e. The van der Waals surface area contributed by atoms with Gasteiger partial charge in [-0.25, -0.2) is 4.68 Å². The van der Waals surface area contributed by atoms with Gasteiger partial charge in [-0.15, -0.1) is 0 Å². The van der Waals surface area contributed by atoms with Crippen molar-refractivity contribution in [1.82, 2.24) is 15.1 Å². The van der Waals surface area contributed by atoms with Crippen molar-refractivity contribution in [3.8, 4) is 5.88 Å². The Kier molecular flexibility index (Phi) is 5.16. The van der Waals surface area contributed by atoms with E-state index >= 15 is 0 Å². The SMILES string of the molecule is CNCc1cc(OCc2cccc(Br)c2)n(C2CCCC2)n1. The number of rotatable bonds is 6. The first-order valence-electron chi connectivity index (χ1n) is 7.86. The van der Waals surface area contributed by atoms with Gasteiger partial charge in [-0.1, -0.05) is 40.9 Å². The van der Waals surface area contributed by atoms with E-state index < -0.39 is 0 Å². The number of hydrogen-bond acceptors (Lipinski definition) is 3. The Balaban J connectivity index is 1.75. The third-order valence-electron chi connectivity index (χ3n) is 4.06. The minimum atomic E-state index is 0.489. The van der Waals surface area contributed by atoms with Gasteiger partial charge in [-0.05, 0) is 37.6 Å². The fourth-order valence-electron chi connectivity index (χ4n) is 2.99. The largest absolute Gasteiger partial charge is 0.473 e. The Bertz CT molecular complexity index is 620. The molecule has 1 aliphatic rings. The van der Waals surface area contributed by atoms with Crippen molar-refractivity contribution in [3.05, 3.63) is 46.1 Å². The molecule has 2 aromatic rings. The second-order valence-electron chi connectivity index (χ2n) is 5.81. The summed E-state index contributed by atoms with van der Waals surface area (Å²) in [5.41, 5.74) is 2.20. The normalized spacial score (nSPS) is 15.4. The van der Waals surface area contributed by atoms with Gasteiger partial charge in [0.15, 0.2) is 0 Å². The van der Waals surface area contributed by atoms with Gasteiger partial charge in [-0.3, -0.25) is 0 Å². The van der Waals surface area contributed by atoms with Crippen LogP contribution in [0.5, 0.6) is 5.88 Å². The van der Waals surface area contributed by atoms with Gasteiger partial charge in [0.1, 0.15) is 6.61 Å². The van der Waals surface area contributed by atoms with E-state index in [0.717, 1.165) is 28.2 Å². The quantitative estimate of drug-likeness (QED) is 0.840. The number of ether oxygens (including phenoxy) is 1. The molecule has 0 radical (unpaired) electrons. The smallest absolute Gasteiger partial charge is 0.212 e. The van der Waals surface area contributed by atoms with Crippen LogP contribution in [0.15, 0.2) is 34.8 Å². The molecular formula is C17H22BrN3O. The zero-order chi connectivity index (χ0) is 15.4. The zero-order valence-corrected chi connectivity index (χ0v) is 14.5. The highest BCUT2D eigenvalue weighted by Gasteiger charge is 2.22. The van der Waals surface area contributed by atoms with Crippen LogP contribution in [0.3, 0.4) is 0 Å². The van der Waals surface area contributed by atoms with Crippen LogP contribution in [0.4, 0.5) is 0 Å². The molecule has 1 N–H and O–H groups in total. The molecule has 1 heterocycles. The summed E-state index contributed by atoms with van der Waals surface area (Å²) in [6.45, 7) is 1.34. The first-order chi connectivity index (χ1) is 10.8. The van der Waals surface area contributed by atoms with Crippen LogP contribution in [0, 0.1) is 0 Å². The highest BCUT2D eigenvalue weighted by atomic mass is 79.9. The van der Waals surface area contributed by atoms with Crippen LogP contribution in [-0.4, -0.2) is 16.8 Å². The molecule has 1 fully saturated rings. The molecule has 0 unspecified atom stereocenters. The predicted octanol–water partition coefficient (Wildman–Crippen LogP) is 4.06. The van der Waals surface area contributed by atoms with Crippen molar-refractivity contribution in [2.45, 2.75) is 44.9 Å². The molecule has 1 aromatic carbocycles. The molecule has 1 aliphatic carbocycles. The van der Waals surface area contributed by atoms with Crippen molar-refractivity contribution >= 4 is 15.9 Å². The van der Waals surface area contributed by atoms with Crippen LogP contribution in [-0.2, 0) is 13.2 Å². The lowest BCUT2D eigenvalue weighted by molar-refractivity contribution is 0.258. The third kappa shape index (κ3) is 3.70. The van der Waals surface area contributed by atoms with Crippen LogP contribution in [0.2, 0.25) is 0 Å². The highest BCUT2D eigenvalue weighted by Crippen LogP contribution is 2.33. The average Bonchev–Trinajstić information content (AvgIpc) is 3.14. The molecule has 3 rings (SSSR count). The van der Waals surface area contributed by atoms with Gasteiger partial charge in [-0.2, -0.15) is 5.10 Å². The van der Waals surface area contributed by atoms with Crippen LogP contribution >= 0.6 is 15.9 Å². The molecule has 0 bridgehead atoms. The fraction of sp³-hybridized carbons (Fsp3) is 0.471. The lowest BCUT2D eigenvalue weighted by atomic mass is 10.2. The second-order valence-corrected chi connectivity index (χ2v) is 6.72. The fourth-order valence-corrected chi connectivity index (χ4v) is 3.44. The van der Waals surface area contributed by atoms with Gasteiger partial charge in [0.2, 0.25) is 5.88 Å². The van der Waals surface area contributed by atoms with E-state index in [1.807, 2.05) is 19.2 Å². The van der Waals surface area contributed by atoms with Crippen LogP contribution in [0.1, 0.15) is 43.0 Å². The molecule has 0 amide bonds. The second kappa shape index (κ2) is 7.29. The summed E-state index contributed by atoms with van der Waals surface area (Å²) in [6.07, 6.45) is 4.98.